The Morgan fingerprint density at radius 1 is 1.55 bits per heavy atom. The Bertz CT molecular complexity index is 228. The number of carbonyl (C=O) groups excluding carboxylic acids is 1. The molecule has 0 radical (unpaired) electrons. The summed E-state index contributed by atoms with van der Waals surface area (Å²) in [5, 5.41) is 0. The van der Waals surface area contributed by atoms with E-state index in [1.54, 1.807) is 20.8 Å². The SMILES string of the molecule is CC(C)(C)OC(=O)c1coo1. The molecule has 0 spiro atoms. The van der Waals surface area contributed by atoms with Gasteiger partial charge in [-0.15, -0.1) is 0 Å². The van der Waals surface area contributed by atoms with Crippen molar-refractivity contribution >= 4 is 5.97 Å². The van der Waals surface area contributed by atoms with Crippen molar-refractivity contribution in [2.24, 2.45) is 0 Å². The third-order valence-electron chi connectivity index (χ3n) is 0.893. The first-order chi connectivity index (χ1) is 4.99. The number of hydrogen-bond acceptors (Lipinski definition) is 4. The van der Waals surface area contributed by atoms with E-state index in [2.05, 4.69) is 9.15 Å². The summed E-state index contributed by atoms with van der Waals surface area (Å²) in [7, 11) is 0. The van der Waals surface area contributed by atoms with Gasteiger partial charge in [0.05, 0.1) is 0 Å². The van der Waals surface area contributed by atoms with Gasteiger partial charge in [-0.2, -0.15) is 0 Å². The van der Waals surface area contributed by atoms with Crippen LogP contribution in [0.15, 0.2) is 15.4 Å². The first-order valence-corrected chi connectivity index (χ1v) is 3.26. The molecule has 0 aliphatic rings. The van der Waals surface area contributed by atoms with Gasteiger partial charge in [0.25, 0.3) is 0 Å². The highest BCUT2D eigenvalue weighted by atomic mass is 17.0. The lowest BCUT2D eigenvalue weighted by atomic mass is 10.2. The molecule has 0 bridgehead atoms. The van der Waals surface area contributed by atoms with Gasteiger partial charge in [0.1, 0.15) is 5.60 Å². The van der Waals surface area contributed by atoms with Crippen molar-refractivity contribution in [1.29, 1.82) is 0 Å². The highest BCUT2D eigenvalue weighted by molar-refractivity contribution is 5.86. The van der Waals surface area contributed by atoms with Crippen LogP contribution in [-0.4, -0.2) is 11.6 Å². The summed E-state index contributed by atoms with van der Waals surface area (Å²) in [4.78, 5) is 10.9. The van der Waals surface area contributed by atoms with E-state index in [-0.39, 0.29) is 5.76 Å². The quantitative estimate of drug-likeness (QED) is 0.462. The van der Waals surface area contributed by atoms with Gasteiger partial charge in [0.15, 0.2) is 6.26 Å². The minimum Gasteiger partial charge on any atom is -0.454 e. The summed E-state index contributed by atoms with van der Waals surface area (Å²) < 4.78 is 13.5. The second-order valence-electron chi connectivity index (χ2n) is 3.16. The summed E-state index contributed by atoms with van der Waals surface area (Å²) in [5.74, 6) is -0.385. The van der Waals surface area contributed by atoms with Crippen LogP contribution in [0.4, 0.5) is 0 Å². The molecule has 1 aromatic rings. The minimum absolute atomic E-state index is 0.111. The molecule has 0 aliphatic heterocycles. The molecule has 0 aromatic carbocycles. The molecule has 0 unspecified atom stereocenters. The Balaban J connectivity index is 2.49. The topological polar surface area (TPSA) is 52.6 Å². The van der Waals surface area contributed by atoms with Gasteiger partial charge < -0.3 is 4.74 Å². The number of carbonyl (C=O) groups is 1. The van der Waals surface area contributed by atoms with Crippen molar-refractivity contribution in [1.82, 2.24) is 0 Å². The van der Waals surface area contributed by atoms with Gasteiger partial charge in [-0.05, 0) is 20.8 Å². The molecular formula is C7H10O4. The van der Waals surface area contributed by atoms with Crippen molar-refractivity contribution in [3.8, 4) is 0 Å². The van der Waals surface area contributed by atoms with E-state index in [9.17, 15) is 4.79 Å². The lowest BCUT2D eigenvalue weighted by molar-refractivity contribution is -0.0408. The molecule has 0 amide bonds. The second-order valence-corrected chi connectivity index (χ2v) is 3.16. The second kappa shape index (κ2) is 2.45. The Kier molecular flexibility index (Phi) is 1.76. The van der Waals surface area contributed by atoms with Gasteiger partial charge in [0, 0.05) is 0 Å². The fourth-order valence-electron chi connectivity index (χ4n) is 0.507. The highest BCUT2D eigenvalue weighted by Crippen LogP contribution is 2.12. The maximum atomic E-state index is 10.9. The monoisotopic (exact) mass is 158 g/mol. The number of hydrogen-bond donors (Lipinski definition) is 0. The number of rotatable bonds is 1. The lowest BCUT2D eigenvalue weighted by Crippen LogP contribution is -2.24. The molecular weight excluding hydrogens is 148 g/mol. The smallest absolute Gasteiger partial charge is 0.383 e. The standard InChI is InChI=1S/C7H10O4/c1-7(2,3)10-6(8)5-4-9-11-5/h4H,1-3H3. The Morgan fingerprint density at radius 2 is 2.09 bits per heavy atom. The van der Waals surface area contributed by atoms with E-state index in [4.69, 9.17) is 4.74 Å². The van der Waals surface area contributed by atoms with Gasteiger partial charge in [-0.1, -0.05) is 0 Å². The van der Waals surface area contributed by atoms with Crippen LogP contribution in [0.3, 0.4) is 0 Å². The van der Waals surface area contributed by atoms with Crippen LogP contribution in [0, 0.1) is 0 Å². The molecule has 1 heterocycles. The molecule has 4 nitrogen and oxygen atoms in total. The van der Waals surface area contributed by atoms with Crippen molar-refractivity contribution in [3.05, 3.63) is 12.0 Å². The molecule has 0 saturated carbocycles. The Hall–Kier alpha value is -1.19. The molecule has 0 saturated heterocycles. The average molecular weight is 158 g/mol. The van der Waals surface area contributed by atoms with E-state index in [0.29, 0.717) is 0 Å². The fourth-order valence-corrected chi connectivity index (χ4v) is 0.507. The zero-order valence-electron chi connectivity index (χ0n) is 6.71. The zero-order valence-corrected chi connectivity index (χ0v) is 6.71. The van der Waals surface area contributed by atoms with Crippen LogP contribution in [-0.2, 0) is 4.74 Å². The van der Waals surface area contributed by atoms with Gasteiger partial charge in [-0.25, -0.2) is 4.79 Å². The molecule has 62 valence electrons. The highest BCUT2D eigenvalue weighted by Gasteiger charge is 2.22. The Labute approximate surface area is 64.0 Å². The van der Waals surface area contributed by atoms with Crippen LogP contribution in [0.25, 0.3) is 0 Å². The molecule has 0 fully saturated rings. The summed E-state index contributed by atoms with van der Waals surface area (Å²) in [5.41, 5.74) is -0.489. The molecule has 0 atom stereocenters. The number of esters is 1. The van der Waals surface area contributed by atoms with Crippen LogP contribution < -0.4 is 0 Å². The van der Waals surface area contributed by atoms with Crippen LogP contribution in [0.2, 0.25) is 0 Å². The van der Waals surface area contributed by atoms with Crippen molar-refractivity contribution < 1.29 is 18.7 Å². The van der Waals surface area contributed by atoms with E-state index in [1.165, 1.54) is 6.26 Å². The summed E-state index contributed by atoms with van der Waals surface area (Å²) in [6.45, 7) is 5.35. The lowest BCUT2D eigenvalue weighted by Gasteiger charge is -2.18. The Morgan fingerprint density at radius 3 is 2.36 bits per heavy atom. The molecule has 0 N–H and O–H groups in total. The van der Waals surface area contributed by atoms with Crippen molar-refractivity contribution in [2.45, 2.75) is 26.4 Å². The van der Waals surface area contributed by atoms with Crippen LogP contribution in [0.1, 0.15) is 31.3 Å². The van der Waals surface area contributed by atoms with E-state index in [1.807, 2.05) is 0 Å². The maximum absolute atomic E-state index is 10.9. The first-order valence-electron chi connectivity index (χ1n) is 3.26. The summed E-state index contributed by atoms with van der Waals surface area (Å²) in [6.07, 6.45) is 1.20. The third-order valence-corrected chi connectivity index (χ3v) is 0.893. The van der Waals surface area contributed by atoms with Crippen LogP contribution in [0.5, 0.6) is 0 Å². The zero-order chi connectivity index (χ0) is 8.48. The predicted molar refractivity (Wildman–Crippen MR) is 36.1 cm³/mol. The van der Waals surface area contributed by atoms with E-state index in [0.717, 1.165) is 0 Å². The van der Waals surface area contributed by atoms with E-state index < -0.39 is 11.6 Å². The fraction of sp³-hybridized carbons (Fsp3) is 0.571. The summed E-state index contributed by atoms with van der Waals surface area (Å²) in [6, 6.07) is 0. The van der Waals surface area contributed by atoms with Gasteiger partial charge >= 0.3 is 11.7 Å². The largest absolute Gasteiger partial charge is 0.454 e. The number of ether oxygens (including phenoxy) is 1. The molecule has 1 aromatic heterocycles. The van der Waals surface area contributed by atoms with Crippen molar-refractivity contribution in [2.75, 3.05) is 0 Å². The predicted octanol–water partition coefficient (Wildman–Crippen LogP) is 1.83. The molecule has 1 rings (SSSR count). The van der Waals surface area contributed by atoms with E-state index >= 15 is 0 Å². The van der Waals surface area contributed by atoms with Gasteiger partial charge in [0.2, 0.25) is 0 Å². The molecule has 11 heavy (non-hydrogen) atoms. The summed E-state index contributed by atoms with van der Waals surface area (Å²) >= 11 is 0. The van der Waals surface area contributed by atoms with Gasteiger partial charge in [-0.3, -0.25) is 9.15 Å². The molecule has 4 heteroatoms. The normalized spacial score (nSPS) is 11.5. The molecule has 0 aliphatic carbocycles. The van der Waals surface area contributed by atoms with Crippen molar-refractivity contribution in [3.63, 3.8) is 0 Å². The maximum Gasteiger partial charge on any atom is 0.383 e. The average Bonchev–Trinajstić information content (AvgIpc) is 1.50. The third kappa shape index (κ3) is 2.14. The van der Waals surface area contributed by atoms with Crippen LogP contribution >= 0.6 is 0 Å². The first kappa shape index (κ1) is 7.91. The minimum atomic E-state index is -0.497.